The zero-order valence-corrected chi connectivity index (χ0v) is 10.6. The monoisotopic (exact) mass is 251 g/mol. The molecule has 5 heteroatoms. The molecule has 100 valence electrons. The Balaban J connectivity index is 1.80. The molecule has 0 aliphatic carbocycles. The molecule has 2 aliphatic rings. The average Bonchev–Trinajstić information content (AvgIpc) is 3.05. The average molecular weight is 251 g/mol. The van der Waals surface area contributed by atoms with Crippen molar-refractivity contribution in [3.63, 3.8) is 0 Å². The normalized spacial score (nSPS) is 26.9. The molecule has 1 fully saturated rings. The van der Waals surface area contributed by atoms with Crippen molar-refractivity contribution in [1.82, 2.24) is 9.78 Å². The first-order valence-electron chi connectivity index (χ1n) is 6.89. The number of aliphatic hydroxyl groups excluding tert-OH is 1. The van der Waals surface area contributed by atoms with E-state index in [1.165, 1.54) is 5.56 Å². The van der Waals surface area contributed by atoms with Gasteiger partial charge in [-0.1, -0.05) is 0 Å². The van der Waals surface area contributed by atoms with Crippen LogP contribution in [0.1, 0.15) is 30.9 Å². The third kappa shape index (κ3) is 2.12. The first kappa shape index (κ1) is 12.0. The molecule has 3 heterocycles. The number of fused-ring (bicyclic) bond motifs is 1. The minimum atomic E-state index is 0.241. The Bertz CT molecular complexity index is 399. The molecule has 0 aromatic carbocycles. The molecule has 2 N–H and O–H groups in total. The highest BCUT2D eigenvalue weighted by atomic mass is 16.5. The van der Waals surface area contributed by atoms with Crippen LogP contribution in [0.4, 0.5) is 5.82 Å². The van der Waals surface area contributed by atoms with Crippen molar-refractivity contribution in [2.24, 2.45) is 5.92 Å². The smallest absolute Gasteiger partial charge is 0.127 e. The highest BCUT2D eigenvalue weighted by Crippen LogP contribution is 2.35. The van der Waals surface area contributed by atoms with Crippen LogP contribution < -0.4 is 5.32 Å². The van der Waals surface area contributed by atoms with Crippen molar-refractivity contribution >= 4 is 5.82 Å². The summed E-state index contributed by atoms with van der Waals surface area (Å²) in [7, 11) is 0. The van der Waals surface area contributed by atoms with E-state index in [0.29, 0.717) is 12.0 Å². The topological polar surface area (TPSA) is 59.3 Å². The maximum absolute atomic E-state index is 8.93. The summed E-state index contributed by atoms with van der Waals surface area (Å²) in [6.07, 6.45) is 5.93. The Labute approximate surface area is 107 Å². The largest absolute Gasteiger partial charge is 0.396 e. The van der Waals surface area contributed by atoms with Gasteiger partial charge in [0.1, 0.15) is 5.82 Å². The molecule has 0 amide bonds. The van der Waals surface area contributed by atoms with E-state index in [1.54, 1.807) is 0 Å². The fourth-order valence-corrected chi connectivity index (χ4v) is 3.05. The molecule has 1 saturated heterocycles. The predicted molar refractivity (Wildman–Crippen MR) is 68.7 cm³/mol. The van der Waals surface area contributed by atoms with E-state index in [4.69, 9.17) is 9.84 Å². The number of rotatable bonds is 4. The van der Waals surface area contributed by atoms with Crippen LogP contribution in [0.25, 0.3) is 0 Å². The Morgan fingerprint density at radius 1 is 1.50 bits per heavy atom. The van der Waals surface area contributed by atoms with Crippen LogP contribution in [0.2, 0.25) is 0 Å². The molecular weight excluding hydrogens is 230 g/mol. The van der Waals surface area contributed by atoms with Gasteiger partial charge in [-0.2, -0.15) is 5.10 Å². The number of ether oxygens (including phenoxy) is 1. The summed E-state index contributed by atoms with van der Waals surface area (Å²) in [6, 6.07) is 0.478. The number of aryl methyl sites for hydroxylation is 1. The number of nitrogens with zero attached hydrogens (tertiary/aromatic N) is 2. The number of hydrogen-bond acceptors (Lipinski definition) is 4. The summed E-state index contributed by atoms with van der Waals surface area (Å²) in [6.45, 7) is 3.02. The first-order valence-corrected chi connectivity index (χ1v) is 6.89. The highest BCUT2D eigenvalue weighted by molar-refractivity contribution is 5.45. The third-order valence-electron chi connectivity index (χ3n) is 4.03. The minimum Gasteiger partial charge on any atom is -0.396 e. The minimum absolute atomic E-state index is 0.241. The van der Waals surface area contributed by atoms with Crippen molar-refractivity contribution in [2.75, 3.05) is 31.7 Å². The molecule has 2 atom stereocenters. The van der Waals surface area contributed by atoms with Crippen LogP contribution >= 0.6 is 0 Å². The summed E-state index contributed by atoms with van der Waals surface area (Å²) in [5.41, 5.74) is 1.23. The molecule has 5 nitrogen and oxygen atoms in total. The SMILES string of the molecule is OCCCc1cnn2c1NCCC2C1CCOC1. The first-order chi connectivity index (χ1) is 8.90. The molecule has 0 radical (unpaired) electrons. The fraction of sp³-hybridized carbons (Fsp3) is 0.769. The van der Waals surface area contributed by atoms with Crippen molar-refractivity contribution in [3.05, 3.63) is 11.8 Å². The van der Waals surface area contributed by atoms with Gasteiger partial charge in [-0.25, -0.2) is 4.68 Å². The van der Waals surface area contributed by atoms with Gasteiger partial charge >= 0.3 is 0 Å². The molecule has 3 rings (SSSR count). The molecule has 1 aromatic rings. The van der Waals surface area contributed by atoms with E-state index in [0.717, 1.165) is 51.3 Å². The zero-order chi connectivity index (χ0) is 12.4. The number of nitrogens with one attached hydrogen (secondary N) is 1. The van der Waals surface area contributed by atoms with Crippen molar-refractivity contribution in [3.8, 4) is 0 Å². The Hall–Kier alpha value is -1.07. The summed E-state index contributed by atoms with van der Waals surface area (Å²) in [5, 5.41) is 16.9. The van der Waals surface area contributed by atoms with Gasteiger partial charge < -0.3 is 15.2 Å². The lowest BCUT2D eigenvalue weighted by Crippen LogP contribution is -2.29. The second-order valence-electron chi connectivity index (χ2n) is 5.20. The number of hydrogen-bond donors (Lipinski definition) is 2. The number of aromatic nitrogens is 2. The van der Waals surface area contributed by atoms with E-state index >= 15 is 0 Å². The van der Waals surface area contributed by atoms with Crippen LogP contribution in [-0.4, -0.2) is 41.3 Å². The van der Waals surface area contributed by atoms with Crippen molar-refractivity contribution < 1.29 is 9.84 Å². The summed E-state index contributed by atoms with van der Waals surface area (Å²) < 4.78 is 7.65. The molecule has 2 unspecified atom stereocenters. The van der Waals surface area contributed by atoms with E-state index < -0.39 is 0 Å². The van der Waals surface area contributed by atoms with Gasteiger partial charge in [0.2, 0.25) is 0 Å². The van der Waals surface area contributed by atoms with Crippen molar-refractivity contribution in [1.29, 1.82) is 0 Å². The number of anilines is 1. The Morgan fingerprint density at radius 3 is 3.22 bits per heavy atom. The second-order valence-corrected chi connectivity index (χ2v) is 5.20. The van der Waals surface area contributed by atoms with Gasteiger partial charge in [-0.15, -0.1) is 0 Å². The van der Waals surface area contributed by atoms with Crippen LogP contribution in [-0.2, 0) is 11.2 Å². The van der Waals surface area contributed by atoms with E-state index in [9.17, 15) is 0 Å². The van der Waals surface area contributed by atoms with Crippen LogP contribution in [0.3, 0.4) is 0 Å². The van der Waals surface area contributed by atoms with Gasteiger partial charge in [0.15, 0.2) is 0 Å². The van der Waals surface area contributed by atoms with Crippen LogP contribution in [0.5, 0.6) is 0 Å². The standard InChI is InChI=1S/C13H21N3O2/c17-6-1-2-10-8-15-16-12(3-5-14-13(10)16)11-4-7-18-9-11/h8,11-12,14,17H,1-7,9H2. The summed E-state index contributed by atoms with van der Waals surface area (Å²) in [5.74, 6) is 1.77. The molecule has 0 bridgehead atoms. The zero-order valence-electron chi connectivity index (χ0n) is 10.6. The second kappa shape index (κ2) is 5.28. The van der Waals surface area contributed by atoms with Crippen molar-refractivity contribution in [2.45, 2.75) is 31.7 Å². The molecule has 18 heavy (non-hydrogen) atoms. The molecular formula is C13H21N3O2. The predicted octanol–water partition coefficient (Wildman–Crippen LogP) is 1.20. The van der Waals surface area contributed by atoms with Gasteiger partial charge in [0.05, 0.1) is 18.8 Å². The Morgan fingerprint density at radius 2 is 2.44 bits per heavy atom. The lowest BCUT2D eigenvalue weighted by molar-refractivity contribution is 0.167. The lowest BCUT2D eigenvalue weighted by atomic mass is 9.95. The number of aliphatic hydroxyl groups is 1. The van der Waals surface area contributed by atoms with Crippen LogP contribution in [0, 0.1) is 5.92 Å². The van der Waals surface area contributed by atoms with E-state index in [1.807, 2.05) is 6.20 Å². The molecule has 1 aromatic heterocycles. The van der Waals surface area contributed by atoms with Gasteiger partial charge in [0.25, 0.3) is 0 Å². The molecule has 2 aliphatic heterocycles. The maximum atomic E-state index is 8.93. The Kier molecular flexibility index (Phi) is 3.52. The summed E-state index contributed by atoms with van der Waals surface area (Å²) in [4.78, 5) is 0. The highest BCUT2D eigenvalue weighted by Gasteiger charge is 2.31. The van der Waals surface area contributed by atoms with Crippen LogP contribution in [0.15, 0.2) is 6.20 Å². The quantitative estimate of drug-likeness (QED) is 0.844. The lowest BCUT2D eigenvalue weighted by Gasteiger charge is -2.30. The van der Waals surface area contributed by atoms with E-state index in [-0.39, 0.29) is 6.61 Å². The van der Waals surface area contributed by atoms with Gasteiger partial charge in [0, 0.05) is 31.2 Å². The maximum Gasteiger partial charge on any atom is 0.127 e. The van der Waals surface area contributed by atoms with E-state index in [2.05, 4.69) is 15.1 Å². The van der Waals surface area contributed by atoms with Gasteiger partial charge in [-0.3, -0.25) is 0 Å². The molecule has 0 spiro atoms. The summed E-state index contributed by atoms with van der Waals surface area (Å²) >= 11 is 0. The fourth-order valence-electron chi connectivity index (χ4n) is 3.05. The molecule has 0 saturated carbocycles. The van der Waals surface area contributed by atoms with Gasteiger partial charge in [-0.05, 0) is 25.7 Å². The third-order valence-corrected chi connectivity index (χ3v) is 4.03.